The molecule has 0 atom stereocenters. The summed E-state index contributed by atoms with van der Waals surface area (Å²) in [5.74, 6) is 0.846. The third-order valence-electron chi connectivity index (χ3n) is 3.86. The standard InChI is InChI=1S/C20H17N3OS/c1-2-10-21-16(3-1)14-24-17-6-4-15(5-7-17)13-23-18-8-11-22-19-9-12-25-20(18)19/h1-12H,13-14H2,(H,22,23). The van der Waals surface area contributed by atoms with Gasteiger partial charge in [-0.2, -0.15) is 0 Å². The van der Waals surface area contributed by atoms with Gasteiger partial charge < -0.3 is 10.1 Å². The third-order valence-corrected chi connectivity index (χ3v) is 4.80. The number of benzene rings is 1. The number of ether oxygens (including phenoxy) is 1. The molecule has 0 fully saturated rings. The summed E-state index contributed by atoms with van der Waals surface area (Å²) in [5.41, 5.74) is 4.28. The van der Waals surface area contributed by atoms with Crippen molar-refractivity contribution in [2.24, 2.45) is 0 Å². The third kappa shape index (κ3) is 3.78. The number of nitrogens with one attached hydrogen (secondary N) is 1. The molecule has 0 bridgehead atoms. The minimum absolute atomic E-state index is 0.478. The molecule has 1 N–H and O–H groups in total. The van der Waals surface area contributed by atoms with Crippen LogP contribution in [0, 0.1) is 0 Å². The van der Waals surface area contributed by atoms with Crippen molar-refractivity contribution in [3.63, 3.8) is 0 Å². The van der Waals surface area contributed by atoms with E-state index in [2.05, 4.69) is 32.8 Å². The Morgan fingerprint density at radius 3 is 2.68 bits per heavy atom. The van der Waals surface area contributed by atoms with Gasteiger partial charge in [-0.3, -0.25) is 9.97 Å². The fraction of sp³-hybridized carbons (Fsp3) is 0.100. The number of thiophene rings is 1. The highest BCUT2D eigenvalue weighted by Crippen LogP contribution is 2.27. The molecular weight excluding hydrogens is 330 g/mol. The van der Waals surface area contributed by atoms with Crippen LogP contribution in [0.15, 0.2) is 72.4 Å². The van der Waals surface area contributed by atoms with Crippen LogP contribution in [0.25, 0.3) is 10.2 Å². The van der Waals surface area contributed by atoms with Crippen molar-refractivity contribution >= 4 is 27.2 Å². The predicted octanol–water partition coefficient (Wildman–Crippen LogP) is 4.88. The molecule has 5 heteroatoms. The zero-order valence-corrected chi connectivity index (χ0v) is 14.4. The second kappa shape index (κ2) is 7.32. The number of hydrogen-bond donors (Lipinski definition) is 1. The van der Waals surface area contributed by atoms with Crippen molar-refractivity contribution in [3.05, 3.63) is 83.6 Å². The Labute approximate surface area is 150 Å². The lowest BCUT2D eigenvalue weighted by atomic mass is 10.2. The Bertz CT molecular complexity index is 952. The summed E-state index contributed by atoms with van der Waals surface area (Å²) in [7, 11) is 0. The maximum atomic E-state index is 5.77. The molecular formula is C20H17N3OS. The lowest BCUT2D eigenvalue weighted by molar-refractivity contribution is 0.301. The van der Waals surface area contributed by atoms with Gasteiger partial charge in [0.05, 0.1) is 21.6 Å². The van der Waals surface area contributed by atoms with Crippen LogP contribution in [0.2, 0.25) is 0 Å². The Kier molecular flexibility index (Phi) is 4.57. The van der Waals surface area contributed by atoms with Gasteiger partial charge in [0, 0.05) is 18.9 Å². The number of nitrogens with zero attached hydrogens (tertiary/aromatic N) is 2. The summed E-state index contributed by atoms with van der Waals surface area (Å²) < 4.78 is 6.96. The van der Waals surface area contributed by atoms with Crippen molar-refractivity contribution in [2.45, 2.75) is 13.2 Å². The summed E-state index contributed by atoms with van der Waals surface area (Å²) in [6.07, 6.45) is 3.61. The van der Waals surface area contributed by atoms with E-state index in [1.54, 1.807) is 17.5 Å². The molecule has 0 aliphatic heterocycles. The van der Waals surface area contributed by atoms with Gasteiger partial charge in [-0.05, 0) is 47.3 Å². The quantitative estimate of drug-likeness (QED) is 0.540. The first-order valence-electron chi connectivity index (χ1n) is 8.06. The smallest absolute Gasteiger partial charge is 0.130 e. The summed E-state index contributed by atoms with van der Waals surface area (Å²) in [6, 6.07) is 18.0. The van der Waals surface area contributed by atoms with E-state index in [4.69, 9.17) is 4.74 Å². The van der Waals surface area contributed by atoms with Gasteiger partial charge in [0.1, 0.15) is 12.4 Å². The molecule has 4 nitrogen and oxygen atoms in total. The second-order valence-electron chi connectivity index (χ2n) is 5.60. The van der Waals surface area contributed by atoms with Gasteiger partial charge in [0.2, 0.25) is 0 Å². The van der Waals surface area contributed by atoms with E-state index >= 15 is 0 Å². The van der Waals surface area contributed by atoms with Gasteiger partial charge >= 0.3 is 0 Å². The van der Waals surface area contributed by atoms with Crippen molar-refractivity contribution < 1.29 is 4.74 Å². The predicted molar refractivity (Wildman–Crippen MR) is 102 cm³/mol. The molecule has 0 saturated heterocycles. The molecule has 3 heterocycles. The lowest BCUT2D eigenvalue weighted by Gasteiger charge is -2.09. The zero-order valence-electron chi connectivity index (χ0n) is 13.6. The van der Waals surface area contributed by atoms with Crippen LogP contribution < -0.4 is 10.1 Å². The lowest BCUT2D eigenvalue weighted by Crippen LogP contribution is -2.00. The van der Waals surface area contributed by atoms with Crippen molar-refractivity contribution in [1.82, 2.24) is 9.97 Å². The van der Waals surface area contributed by atoms with Gasteiger partial charge in [-0.25, -0.2) is 0 Å². The van der Waals surface area contributed by atoms with E-state index in [1.165, 1.54) is 10.3 Å². The maximum Gasteiger partial charge on any atom is 0.130 e. The van der Waals surface area contributed by atoms with Crippen LogP contribution in [0.1, 0.15) is 11.3 Å². The molecule has 1 aromatic carbocycles. The maximum absolute atomic E-state index is 5.77. The average Bonchev–Trinajstić information content (AvgIpc) is 3.16. The SMILES string of the molecule is c1ccc(COc2ccc(CNc3ccnc4ccsc34)cc2)nc1. The minimum Gasteiger partial charge on any atom is -0.487 e. The van der Waals surface area contributed by atoms with E-state index in [0.29, 0.717) is 6.61 Å². The van der Waals surface area contributed by atoms with E-state index in [9.17, 15) is 0 Å². The van der Waals surface area contributed by atoms with Gasteiger partial charge in [-0.1, -0.05) is 18.2 Å². The molecule has 0 aliphatic rings. The molecule has 4 rings (SSSR count). The van der Waals surface area contributed by atoms with Crippen LogP contribution in [-0.2, 0) is 13.2 Å². The van der Waals surface area contributed by atoms with Gasteiger partial charge in [0.15, 0.2) is 0 Å². The van der Waals surface area contributed by atoms with E-state index < -0.39 is 0 Å². The van der Waals surface area contributed by atoms with E-state index in [-0.39, 0.29) is 0 Å². The second-order valence-corrected chi connectivity index (χ2v) is 6.52. The van der Waals surface area contributed by atoms with Crippen LogP contribution in [0.5, 0.6) is 5.75 Å². The molecule has 0 unspecified atom stereocenters. The van der Waals surface area contributed by atoms with E-state index in [0.717, 1.165) is 29.2 Å². The van der Waals surface area contributed by atoms with Crippen molar-refractivity contribution in [3.8, 4) is 5.75 Å². The summed E-state index contributed by atoms with van der Waals surface area (Å²) >= 11 is 1.71. The number of anilines is 1. The van der Waals surface area contributed by atoms with Crippen LogP contribution in [0.4, 0.5) is 5.69 Å². The van der Waals surface area contributed by atoms with Crippen molar-refractivity contribution in [1.29, 1.82) is 0 Å². The molecule has 25 heavy (non-hydrogen) atoms. The number of fused-ring (bicyclic) bond motifs is 1. The highest BCUT2D eigenvalue weighted by Gasteiger charge is 2.03. The van der Waals surface area contributed by atoms with Gasteiger partial charge in [0.25, 0.3) is 0 Å². The summed E-state index contributed by atoms with van der Waals surface area (Å²) in [6.45, 7) is 1.24. The van der Waals surface area contributed by atoms with Crippen LogP contribution in [-0.4, -0.2) is 9.97 Å². The monoisotopic (exact) mass is 347 g/mol. The first kappa shape index (κ1) is 15.6. The molecule has 3 aromatic heterocycles. The zero-order chi connectivity index (χ0) is 16.9. The van der Waals surface area contributed by atoms with Crippen molar-refractivity contribution in [2.75, 3.05) is 5.32 Å². The highest BCUT2D eigenvalue weighted by atomic mass is 32.1. The Morgan fingerprint density at radius 2 is 1.84 bits per heavy atom. The highest BCUT2D eigenvalue weighted by molar-refractivity contribution is 7.17. The summed E-state index contributed by atoms with van der Waals surface area (Å²) in [5, 5.41) is 5.55. The molecule has 124 valence electrons. The number of rotatable bonds is 6. The fourth-order valence-corrected chi connectivity index (χ4v) is 3.40. The molecule has 0 radical (unpaired) electrons. The topological polar surface area (TPSA) is 47.0 Å². The first-order valence-corrected chi connectivity index (χ1v) is 8.94. The number of aromatic nitrogens is 2. The average molecular weight is 347 g/mol. The normalized spacial score (nSPS) is 10.7. The minimum atomic E-state index is 0.478. The Morgan fingerprint density at radius 1 is 0.920 bits per heavy atom. The Balaban J connectivity index is 1.36. The van der Waals surface area contributed by atoms with Crippen LogP contribution >= 0.6 is 11.3 Å². The van der Waals surface area contributed by atoms with E-state index in [1.807, 2.05) is 48.7 Å². The molecule has 0 saturated carbocycles. The molecule has 0 amide bonds. The number of hydrogen-bond acceptors (Lipinski definition) is 5. The number of pyridine rings is 2. The van der Waals surface area contributed by atoms with Crippen LogP contribution in [0.3, 0.4) is 0 Å². The molecule has 4 aromatic rings. The summed E-state index contributed by atoms with van der Waals surface area (Å²) in [4.78, 5) is 8.62. The Hall–Kier alpha value is -2.92. The van der Waals surface area contributed by atoms with Gasteiger partial charge in [-0.15, -0.1) is 11.3 Å². The molecule has 0 spiro atoms. The largest absolute Gasteiger partial charge is 0.487 e. The molecule has 0 aliphatic carbocycles. The fourth-order valence-electron chi connectivity index (χ4n) is 2.55. The first-order chi connectivity index (χ1) is 12.4.